The predicted molar refractivity (Wildman–Crippen MR) is 92.7 cm³/mol. The number of hydrogen-bond donors (Lipinski definition) is 2. The summed E-state index contributed by atoms with van der Waals surface area (Å²) in [6.07, 6.45) is 1.70. The van der Waals surface area contributed by atoms with E-state index in [1.807, 2.05) is 13.8 Å². The average Bonchev–Trinajstić information content (AvgIpc) is 2.82. The summed E-state index contributed by atoms with van der Waals surface area (Å²) in [5, 5.41) is 5.74. The normalized spacial score (nSPS) is 18.6. The van der Waals surface area contributed by atoms with E-state index >= 15 is 0 Å². The minimum Gasteiger partial charge on any atom is -0.351 e. The van der Waals surface area contributed by atoms with Crippen molar-refractivity contribution in [2.75, 3.05) is 18.5 Å². The first-order chi connectivity index (χ1) is 11.2. The predicted octanol–water partition coefficient (Wildman–Crippen LogP) is 1.48. The Bertz CT molecular complexity index is 665. The van der Waals surface area contributed by atoms with E-state index in [0.29, 0.717) is 24.2 Å². The Morgan fingerprint density at radius 2 is 2.00 bits per heavy atom. The molecule has 6 nitrogen and oxygen atoms in total. The van der Waals surface area contributed by atoms with Crippen LogP contribution in [0.25, 0.3) is 0 Å². The zero-order valence-corrected chi connectivity index (χ0v) is 14.3. The van der Waals surface area contributed by atoms with Gasteiger partial charge in [-0.3, -0.25) is 14.4 Å². The van der Waals surface area contributed by atoms with Crippen LogP contribution in [0.2, 0.25) is 0 Å². The van der Waals surface area contributed by atoms with Crippen LogP contribution in [0.4, 0.5) is 5.69 Å². The Hall–Kier alpha value is -2.63. The molecule has 1 aliphatic rings. The first kappa shape index (κ1) is 17.7. The molecule has 1 fully saturated rings. The molecule has 1 atom stereocenters. The number of benzene rings is 1. The second-order valence-corrected chi connectivity index (χ2v) is 6.64. The number of anilines is 1. The van der Waals surface area contributed by atoms with Gasteiger partial charge in [0.1, 0.15) is 0 Å². The van der Waals surface area contributed by atoms with Gasteiger partial charge in [0.05, 0.1) is 6.04 Å². The molecule has 0 saturated carbocycles. The number of carbonyl (C=O) groups excluding carboxylic acids is 3. The number of likely N-dealkylation sites (N-methyl/N-ethyl adjacent to an activating group) is 1. The summed E-state index contributed by atoms with van der Waals surface area (Å²) in [5.41, 5.74) is 1.00. The fraction of sp³-hybridized carbons (Fsp3) is 0.389. The van der Waals surface area contributed by atoms with Gasteiger partial charge < -0.3 is 15.5 Å². The average molecular weight is 329 g/mol. The van der Waals surface area contributed by atoms with Crippen LogP contribution in [-0.2, 0) is 9.59 Å². The van der Waals surface area contributed by atoms with Crippen LogP contribution in [0.1, 0.15) is 30.6 Å². The highest BCUT2D eigenvalue weighted by atomic mass is 16.2. The van der Waals surface area contributed by atoms with E-state index in [0.717, 1.165) is 0 Å². The second-order valence-electron chi connectivity index (χ2n) is 6.64. The largest absolute Gasteiger partial charge is 0.351 e. The van der Waals surface area contributed by atoms with Gasteiger partial charge in [0.25, 0.3) is 5.91 Å². The fourth-order valence-corrected chi connectivity index (χ4v) is 2.70. The Balaban J connectivity index is 1.97. The van der Waals surface area contributed by atoms with Crippen LogP contribution < -0.4 is 15.5 Å². The molecule has 2 rings (SSSR count). The van der Waals surface area contributed by atoms with Crippen LogP contribution >= 0.6 is 0 Å². The van der Waals surface area contributed by atoms with E-state index in [1.54, 1.807) is 31.3 Å². The molecule has 1 aliphatic heterocycles. The van der Waals surface area contributed by atoms with Crippen LogP contribution in [0.5, 0.6) is 0 Å². The molecule has 1 unspecified atom stereocenters. The first-order valence-electron chi connectivity index (χ1n) is 7.82. The highest BCUT2D eigenvalue weighted by molar-refractivity contribution is 6.01. The van der Waals surface area contributed by atoms with Gasteiger partial charge in [-0.25, -0.2) is 0 Å². The minimum atomic E-state index is -0.216. The van der Waals surface area contributed by atoms with Crippen molar-refractivity contribution in [1.29, 1.82) is 0 Å². The topological polar surface area (TPSA) is 78.5 Å². The number of nitrogens with one attached hydrogen (secondary N) is 2. The van der Waals surface area contributed by atoms with Gasteiger partial charge in [0.15, 0.2) is 0 Å². The van der Waals surface area contributed by atoms with E-state index in [4.69, 9.17) is 0 Å². The molecule has 0 bridgehead atoms. The molecule has 1 saturated heterocycles. The minimum absolute atomic E-state index is 0.0125. The Kier molecular flexibility index (Phi) is 5.07. The molecule has 2 N–H and O–H groups in total. The van der Waals surface area contributed by atoms with E-state index < -0.39 is 0 Å². The summed E-state index contributed by atoms with van der Waals surface area (Å²) >= 11 is 0. The number of hydrogen-bond acceptors (Lipinski definition) is 3. The molecule has 0 aliphatic carbocycles. The lowest BCUT2D eigenvalue weighted by Crippen LogP contribution is -2.44. The highest BCUT2D eigenvalue weighted by Crippen LogP contribution is 2.30. The van der Waals surface area contributed by atoms with Crippen molar-refractivity contribution in [3.63, 3.8) is 0 Å². The quantitative estimate of drug-likeness (QED) is 0.803. The molecular formula is C18H23N3O3. The smallest absolute Gasteiger partial charge is 0.251 e. The third kappa shape index (κ3) is 3.82. The SMILES string of the molecule is C=CC(=O)N(C)c1ccc(C(=O)NCC2NC(=O)CC2(C)C)cc1. The van der Waals surface area contributed by atoms with Gasteiger partial charge in [0.2, 0.25) is 11.8 Å². The molecule has 128 valence electrons. The summed E-state index contributed by atoms with van der Waals surface area (Å²) in [4.78, 5) is 36.8. The van der Waals surface area contributed by atoms with Gasteiger partial charge in [-0.05, 0) is 35.8 Å². The van der Waals surface area contributed by atoms with Crippen molar-refractivity contribution < 1.29 is 14.4 Å². The lowest BCUT2D eigenvalue weighted by Gasteiger charge is -2.25. The Morgan fingerprint density at radius 1 is 1.38 bits per heavy atom. The van der Waals surface area contributed by atoms with Gasteiger partial charge in [0, 0.05) is 31.3 Å². The van der Waals surface area contributed by atoms with Gasteiger partial charge in [-0.15, -0.1) is 0 Å². The lowest BCUT2D eigenvalue weighted by atomic mass is 9.85. The van der Waals surface area contributed by atoms with Crippen molar-refractivity contribution in [2.45, 2.75) is 26.3 Å². The van der Waals surface area contributed by atoms with Crippen molar-refractivity contribution >= 4 is 23.4 Å². The van der Waals surface area contributed by atoms with E-state index in [1.165, 1.54) is 11.0 Å². The first-order valence-corrected chi connectivity index (χ1v) is 7.82. The lowest BCUT2D eigenvalue weighted by molar-refractivity contribution is -0.119. The zero-order chi connectivity index (χ0) is 17.9. The summed E-state index contributed by atoms with van der Waals surface area (Å²) in [6.45, 7) is 7.84. The standard InChI is InChI=1S/C18H23N3O3/c1-5-16(23)21(4)13-8-6-12(7-9-13)17(24)19-11-14-18(2,3)10-15(22)20-14/h5-9,14H,1,10-11H2,2-4H3,(H,19,24)(H,20,22). The molecule has 24 heavy (non-hydrogen) atoms. The number of amides is 3. The molecule has 6 heteroatoms. The van der Waals surface area contributed by atoms with Crippen molar-refractivity contribution in [2.24, 2.45) is 5.41 Å². The summed E-state index contributed by atoms with van der Waals surface area (Å²) < 4.78 is 0. The van der Waals surface area contributed by atoms with Crippen molar-refractivity contribution in [3.05, 3.63) is 42.5 Å². The Labute approximate surface area is 141 Å². The van der Waals surface area contributed by atoms with E-state index in [2.05, 4.69) is 17.2 Å². The fourth-order valence-electron chi connectivity index (χ4n) is 2.70. The van der Waals surface area contributed by atoms with Crippen LogP contribution in [0, 0.1) is 5.41 Å². The number of rotatable bonds is 5. The summed E-state index contributed by atoms with van der Waals surface area (Å²) in [6, 6.07) is 6.66. The number of nitrogens with zero attached hydrogens (tertiary/aromatic N) is 1. The van der Waals surface area contributed by atoms with Gasteiger partial charge in [-0.2, -0.15) is 0 Å². The number of carbonyl (C=O) groups is 3. The van der Waals surface area contributed by atoms with Gasteiger partial charge >= 0.3 is 0 Å². The van der Waals surface area contributed by atoms with Crippen molar-refractivity contribution in [1.82, 2.24) is 10.6 Å². The maximum Gasteiger partial charge on any atom is 0.251 e. The molecular weight excluding hydrogens is 306 g/mol. The molecule has 0 radical (unpaired) electrons. The third-order valence-corrected chi connectivity index (χ3v) is 4.38. The third-order valence-electron chi connectivity index (χ3n) is 4.38. The molecule has 1 aromatic rings. The maximum atomic E-state index is 12.2. The van der Waals surface area contributed by atoms with Crippen molar-refractivity contribution in [3.8, 4) is 0 Å². The maximum absolute atomic E-state index is 12.2. The Morgan fingerprint density at radius 3 is 2.50 bits per heavy atom. The monoisotopic (exact) mass is 329 g/mol. The molecule has 1 aromatic carbocycles. The zero-order valence-electron chi connectivity index (χ0n) is 14.3. The van der Waals surface area contributed by atoms with E-state index in [9.17, 15) is 14.4 Å². The van der Waals surface area contributed by atoms with Gasteiger partial charge in [-0.1, -0.05) is 20.4 Å². The summed E-state index contributed by atoms with van der Waals surface area (Å²) in [5.74, 6) is -0.416. The second kappa shape index (κ2) is 6.86. The molecule has 0 spiro atoms. The summed E-state index contributed by atoms with van der Waals surface area (Å²) in [7, 11) is 1.64. The van der Waals surface area contributed by atoms with E-state index in [-0.39, 0.29) is 29.2 Å². The van der Waals surface area contributed by atoms with Crippen LogP contribution in [0.3, 0.4) is 0 Å². The molecule has 0 aromatic heterocycles. The molecule has 3 amide bonds. The van der Waals surface area contributed by atoms with Crippen LogP contribution in [0.15, 0.2) is 36.9 Å². The highest BCUT2D eigenvalue weighted by Gasteiger charge is 2.39. The molecule has 1 heterocycles. The van der Waals surface area contributed by atoms with Crippen LogP contribution in [-0.4, -0.2) is 37.4 Å².